The summed E-state index contributed by atoms with van der Waals surface area (Å²) in [6.07, 6.45) is 3.97. The monoisotopic (exact) mass is 275 g/mol. The summed E-state index contributed by atoms with van der Waals surface area (Å²) in [7, 11) is 1.78. The lowest BCUT2D eigenvalue weighted by Gasteiger charge is -2.16. The summed E-state index contributed by atoms with van der Waals surface area (Å²) in [4.78, 5) is 24.6. The van der Waals surface area contributed by atoms with Crippen molar-refractivity contribution in [3.05, 3.63) is 48.0 Å². The van der Waals surface area contributed by atoms with E-state index in [1.54, 1.807) is 24.9 Å². The van der Waals surface area contributed by atoms with Gasteiger partial charge in [-0.3, -0.25) is 4.79 Å². The fourth-order valence-electron chi connectivity index (χ4n) is 1.71. The molecule has 0 aliphatic carbocycles. The normalized spacial score (nSPS) is 10.5. The van der Waals surface area contributed by atoms with Crippen LogP contribution in [0.5, 0.6) is 0 Å². The third-order valence-electron chi connectivity index (χ3n) is 2.75. The summed E-state index contributed by atoms with van der Waals surface area (Å²) in [5, 5.41) is 0. The average Bonchev–Trinajstić information content (AvgIpc) is 2.44. The van der Waals surface area contributed by atoms with Gasteiger partial charge in [0.1, 0.15) is 0 Å². The Bertz CT molecular complexity index is 454. The summed E-state index contributed by atoms with van der Waals surface area (Å²) < 4.78 is 4.75. The molecule has 0 aliphatic heterocycles. The zero-order valence-corrected chi connectivity index (χ0v) is 12.0. The number of amides is 1. The van der Waals surface area contributed by atoms with Gasteiger partial charge in [-0.25, -0.2) is 4.79 Å². The number of carbonyl (C=O) groups excluding carboxylic acids is 2. The quantitative estimate of drug-likeness (QED) is 0.567. The highest BCUT2D eigenvalue weighted by Crippen LogP contribution is 2.05. The molecule has 0 N–H and O–H groups in total. The van der Waals surface area contributed by atoms with Gasteiger partial charge in [-0.15, -0.1) is 0 Å². The summed E-state index contributed by atoms with van der Waals surface area (Å²) in [5.74, 6) is -0.306. The minimum Gasteiger partial charge on any atom is -0.463 e. The van der Waals surface area contributed by atoms with E-state index in [1.165, 1.54) is 6.08 Å². The van der Waals surface area contributed by atoms with Crippen LogP contribution in [0.1, 0.15) is 25.3 Å². The van der Waals surface area contributed by atoms with Gasteiger partial charge in [0, 0.05) is 26.1 Å². The molecule has 0 fully saturated rings. The van der Waals surface area contributed by atoms with Crippen LogP contribution in [0, 0.1) is 0 Å². The molecule has 0 saturated heterocycles. The van der Waals surface area contributed by atoms with E-state index in [0.717, 1.165) is 5.56 Å². The van der Waals surface area contributed by atoms with Crippen molar-refractivity contribution in [1.29, 1.82) is 0 Å². The van der Waals surface area contributed by atoms with Crippen molar-refractivity contribution in [2.75, 3.05) is 13.7 Å². The van der Waals surface area contributed by atoms with Crippen LogP contribution < -0.4 is 0 Å². The van der Waals surface area contributed by atoms with Gasteiger partial charge < -0.3 is 9.64 Å². The van der Waals surface area contributed by atoms with Crippen LogP contribution in [-0.4, -0.2) is 30.4 Å². The molecule has 0 heterocycles. The molecular weight excluding hydrogens is 254 g/mol. The molecule has 1 aromatic carbocycles. The zero-order valence-electron chi connectivity index (χ0n) is 12.0. The maximum Gasteiger partial charge on any atom is 0.330 e. The molecule has 4 nitrogen and oxygen atoms in total. The number of hydrogen-bond donors (Lipinski definition) is 0. The summed E-state index contributed by atoms with van der Waals surface area (Å²) >= 11 is 0. The Hall–Kier alpha value is -2.10. The van der Waals surface area contributed by atoms with Gasteiger partial charge in [0.2, 0.25) is 5.91 Å². The van der Waals surface area contributed by atoms with E-state index in [1.807, 2.05) is 30.3 Å². The molecule has 1 amide bonds. The van der Waals surface area contributed by atoms with Crippen LogP contribution in [0.3, 0.4) is 0 Å². The number of nitrogens with zero attached hydrogens (tertiary/aromatic N) is 1. The lowest BCUT2D eigenvalue weighted by atomic mass is 10.2. The van der Waals surface area contributed by atoms with Crippen molar-refractivity contribution in [1.82, 2.24) is 4.90 Å². The van der Waals surface area contributed by atoms with E-state index in [0.29, 0.717) is 26.0 Å². The first-order valence-corrected chi connectivity index (χ1v) is 6.74. The third-order valence-corrected chi connectivity index (χ3v) is 2.75. The molecule has 0 unspecified atom stereocenters. The topological polar surface area (TPSA) is 46.6 Å². The molecule has 0 saturated carbocycles. The minimum atomic E-state index is -0.363. The van der Waals surface area contributed by atoms with Gasteiger partial charge in [-0.1, -0.05) is 36.4 Å². The average molecular weight is 275 g/mol. The Labute approximate surface area is 120 Å². The van der Waals surface area contributed by atoms with Crippen molar-refractivity contribution in [3.8, 4) is 0 Å². The number of rotatable bonds is 7. The molecule has 108 valence electrons. The van der Waals surface area contributed by atoms with Crippen molar-refractivity contribution < 1.29 is 14.3 Å². The first-order valence-electron chi connectivity index (χ1n) is 6.74. The molecule has 1 rings (SSSR count). The van der Waals surface area contributed by atoms with Crippen molar-refractivity contribution in [2.24, 2.45) is 0 Å². The predicted octanol–water partition coefficient (Wildman–Crippen LogP) is 2.54. The van der Waals surface area contributed by atoms with E-state index in [2.05, 4.69) is 0 Å². The Morgan fingerprint density at radius 3 is 2.60 bits per heavy atom. The van der Waals surface area contributed by atoms with Gasteiger partial charge in [-0.2, -0.15) is 0 Å². The number of allylic oxidation sites excluding steroid dienone is 1. The standard InChI is InChI=1S/C16H21NO3/c1-3-20-16(19)12-8-7-11-15(18)17(2)13-14-9-5-4-6-10-14/h4-6,8-10,12H,3,7,11,13H2,1-2H3/b12-8+. The molecule has 20 heavy (non-hydrogen) atoms. The Morgan fingerprint density at radius 2 is 1.95 bits per heavy atom. The molecule has 1 aromatic rings. The number of ether oxygens (including phenoxy) is 1. The molecular formula is C16H21NO3. The first kappa shape index (κ1) is 16.0. The highest BCUT2D eigenvalue weighted by atomic mass is 16.5. The van der Waals surface area contributed by atoms with Gasteiger partial charge in [-0.05, 0) is 18.9 Å². The molecule has 0 bridgehead atoms. The van der Waals surface area contributed by atoms with Gasteiger partial charge >= 0.3 is 5.97 Å². The van der Waals surface area contributed by atoms with Crippen molar-refractivity contribution in [2.45, 2.75) is 26.3 Å². The number of benzene rings is 1. The molecule has 4 heteroatoms. The fraction of sp³-hybridized carbons (Fsp3) is 0.375. The first-order chi connectivity index (χ1) is 9.63. The molecule has 0 aromatic heterocycles. The second kappa shape index (κ2) is 8.91. The Kier molecular flexibility index (Phi) is 7.11. The molecule has 0 spiro atoms. The number of carbonyl (C=O) groups is 2. The summed E-state index contributed by atoms with van der Waals surface area (Å²) in [6.45, 7) is 2.72. The molecule has 0 atom stereocenters. The van der Waals surface area contributed by atoms with E-state index in [-0.39, 0.29) is 11.9 Å². The van der Waals surface area contributed by atoms with Crippen LogP contribution in [0.25, 0.3) is 0 Å². The van der Waals surface area contributed by atoms with Crippen LogP contribution in [0.2, 0.25) is 0 Å². The lowest BCUT2D eigenvalue weighted by molar-refractivity contribution is -0.137. The lowest BCUT2D eigenvalue weighted by Crippen LogP contribution is -2.25. The van der Waals surface area contributed by atoms with Gasteiger partial charge in [0.05, 0.1) is 6.61 Å². The smallest absolute Gasteiger partial charge is 0.330 e. The summed E-state index contributed by atoms with van der Waals surface area (Å²) in [5.41, 5.74) is 1.10. The minimum absolute atomic E-state index is 0.0577. The highest BCUT2D eigenvalue weighted by molar-refractivity contribution is 5.82. The highest BCUT2D eigenvalue weighted by Gasteiger charge is 2.07. The predicted molar refractivity (Wildman–Crippen MR) is 77.9 cm³/mol. The largest absolute Gasteiger partial charge is 0.463 e. The van der Waals surface area contributed by atoms with E-state index in [9.17, 15) is 9.59 Å². The number of hydrogen-bond acceptors (Lipinski definition) is 3. The molecule has 0 aliphatic rings. The SMILES string of the molecule is CCOC(=O)/C=C/CCC(=O)N(C)Cc1ccccc1. The van der Waals surface area contributed by atoms with Crippen molar-refractivity contribution >= 4 is 11.9 Å². The maximum absolute atomic E-state index is 11.9. The van der Waals surface area contributed by atoms with E-state index < -0.39 is 0 Å². The number of esters is 1. The van der Waals surface area contributed by atoms with Crippen LogP contribution in [0.15, 0.2) is 42.5 Å². The fourth-order valence-corrected chi connectivity index (χ4v) is 1.71. The maximum atomic E-state index is 11.9. The van der Waals surface area contributed by atoms with E-state index >= 15 is 0 Å². The van der Waals surface area contributed by atoms with Crippen LogP contribution in [-0.2, 0) is 20.9 Å². The second-order valence-electron chi connectivity index (χ2n) is 4.43. The second-order valence-corrected chi connectivity index (χ2v) is 4.43. The molecule has 0 radical (unpaired) electrons. The zero-order chi connectivity index (χ0) is 14.8. The van der Waals surface area contributed by atoms with Gasteiger partial charge in [0.15, 0.2) is 0 Å². The van der Waals surface area contributed by atoms with Gasteiger partial charge in [0.25, 0.3) is 0 Å². The van der Waals surface area contributed by atoms with Crippen LogP contribution >= 0.6 is 0 Å². The third kappa shape index (κ3) is 6.18. The Morgan fingerprint density at radius 1 is 1.25 bits per heavy atom. The summed E-state index contributed by atoms with van der Waals surface area (Å²) in [6, 6.07) is 9.84. The van der Waals surface area contributed by atoms with Crippen molar-refractivity contribution in [3.63, 3.8) is 0 Å². The van der Waals surface area contributed by atoms with E-state index in [4.69, 9.17) is 4.74 Å². The van der Waals surface area contributed by atoms with Crippen LogP contribution in [0.4, 0.5) is 0 Å². The Balaban J connectivity index is 2.30.